The molecule has 0 aliphatic rings. The van der Waals surface area contributed by atoms with Crippen LogP contribution in [0.3, 0.4) is 0 Å². The van der Waals surface area contributed by atoms with E-state index < -0.39 is 11.1 Å². The second-order valence-corrected chi connectivity index (χ2v) is 23.8. The molecule has 11 aromatic carbocycles. The Bertz CT molecular complexity index is 4770. The molecule has 398 valence electrons. The number of hydrogen-bond donors (Lipinski definition) is 0. The van der Waals surface area contributed by atoms with Gasteiger partial charge in [-0.05, 0) is 146 Å². The minimum atomic E-state index is -1.09. The number of hydrogen-bond acceptors (Lipinski definition) is 0. The van der Waals surface area contributed by atoms with Crippen LogP contribution < -0.4 is 0 Å². The van der Waals surface area contributed by atoms with Gasteiger partial charge in [-0.3, -0.25) is 0 Å². The third kappa shape index (κ3) is 7.00. The van der Waals surface area contributed by atoms with Crippen molar-refractivity contribution in [1.82, 2.24) is 18.3 Å². The Morgan fingerprint density at radius 2 is 0.549 bits per heavy atom. The largest absolute Gasteiger partial charge is 0.331 e. The lowest BCUT2D eigenvalue weighted by Crippen LogP contribution is -2.35. The number of para-hydroxylation sites is 4. The molecule has 0 bridgehead atoms. The minimum absolute atomic E-state index is 0.383. The zero-order chi connectivity index (χ0) is 56.1. The van der Waals surface area contributed by atoms with Crippen LogP contribution in [0.25, 0.3) is 121 Å². The maximum atomic E-state index is 18.5. The molecule has 0 aliphatic carbocycles. The van der Waals surface area contributed by atoms with Gasteiger partial charge in [0.2, 0.25) is 0 Å². The second-order valence-electron chi connectivity index (χ2n) is 23.8. The minimum Gasteiger partial charge on any atom is -0.331 e. The average Bonchev–Trinajstić information content (AvgIpc) is 4.35. The highest BCUT2D eigenvalue weighted by Gasteiger charge is 2.44. The SMILES string of the molecule is Cc1ccc2c(c1)c1cc(C)ccc1n2-c1c(-c2ccccc2F)c(C(C)(C)n2c3ccccc3c3ccccc32)c(-c2ccccc2F)c(-n2c3ccc(C)cc3c3cc(C)ccc32)c1C(C)(C)n1c2ccccc2c2ccccc21. The van der Waals surface area contributed by atoms with Gasteiger partial charge in [0.15, 0.2) is 0 Å². The maximum Gasteiger partial charge on any atom is 0.131 e. The number of aryl methyl sites for hydroxylation is 4. The van der Waals surface area contributed by atoms with Crippen LogP contribution in [0.4, 0.5) is 8.78 Å². The van der Waals surface area contributed by atoms with E-state index in [2.05, 4.69) is 244 Å². The fourth-order valence-corrected chi connectivity index (χ4v) is 14.5. The van der Waals surface area contributed by atoms with Gasteiger partial charge in [-0.15, -0.1) is 0 Å². The molecular weight excluding hydrogens is 1010 g/mol. The molecule has 0 radical (unpaired) electrons. The summed E-state index contributed by atoms with van der Waals surface area (Å²) in [5, 5.41) is 8.78. The van der Waals surface area contributed by atoms with Crippen molar-refractivity contribution in [3.05, 3.63) is 263 Å². The summed E-state index contributed by atoms with van der Waals surface area (Å²) in [6, 6.07) is 76.0. The fourth-order valence-electron chi connectivity index (χ4n) is 14.5. The molecule has 0 fully saturated rings. The molecule has 0 unspecified atom stereocenters. The molecule has 0 amide bonds. The first-order valence-corrected chi connectivity index (χ1v) is 28.5. The van der Waals surface area contributed by atoms with E-state index in [0.717, 1.165) is 132 Å². The van der Waals surface area contributed by atoms with Crippen molar-refractivity contribution in [2.75, 3.05) is 0 Å². The molecule has 0 saturated carbocycles. The van der Waals surface area contributed by atoms with Gasteiger partial charge in [-0.25, -0.2) is 8.78 Å². The fraction of sp³-hybridized carbons (Fsp3) is 0.132. The van der Waals surface area contributed by atoms with Crippen LogP contribution in [-0.2, 0) is 11.1 Å². The molecule has 82 heavy (non-hydrogen) atoms. The van der Waals surface area contributed by atoms with Gasteiger partial charge in [0.1, 0.15) is 11.6 Å². The van der Waals surface area contributed by atoms with E-state index in [9.17, 15) is 0 Å². The van der Waals surface area contributed by atoms with E-state index in [4.69, 9.17) is 0 Å². The third-order valence-corrected chi connectivity index (χ3v) is 17.8. The van der Waals surface area contributed by atoms with Gasteiger partial charge >= 0.3 is 0 Å². The number of benzene rings is 11. The Morgan fingerprint density at radius 3 is 0.854 bits per heavy atom. The molecule has 6 heteroatoms. The smallest absolute Gasteiger partial charge is 0.131 e. The van der Waals surface area contributed by atoms with Crippen molar-refractivity contribution in [3.63, 3.8) is 0 Å². The van der Waals surface area contributed by atoms with Crippen LogP contribution in [0.5, 0.6) is 0 Å². The van der Waals surface area contributed by atoms with E-state index in [1.165, 1.54) is 0 Å². The van der Waals surface area contributed by atoms with Gasteiger partial charge in [-0.1, -0.05) is 156 Å². The number of aromatic nitrogens is 4. The second kappa shape index (κ2) is 18.0. The van der Waals surface area contributed by atoms with Crippen LogP contribution in [0.2, 0.25) is 0 Å². The molecule has 0 aliphatic heterocycles. The van der Waals surface area contributed by atoms with Crippen LogP contribution in [0.1, 0.15) is 61.1 Å². The summed E-state index contributed by atoms with van der Waals surface area (Å²) in [6.07, 6.45) is 0. The molecule has 0 N–H and O–H groups in total. The van der Waals surface area contributed by atoms with Crippen LogP contribution in [-0.4, -0.2) is 18.3 Å². The number of nitrogens with zero attached hydrogens (tertiary/aromatic N) is 4. The van der Waals surface area contributed by atoms with Crippen molar-refractivity contribution in [3.8, 4) is 33.6 Å². The predicted molar refractivity (Wildman–Crippen MR) is 341 cm³/mol. The molecular formula is C76H60F2N4. The molecule has 15 aromatic rings. The zero-order valence-electron chi connectivity index (χ0n) is 47.3. The van der Waals surface area contributed by atoms with Gasteiger partial charge in [0.25, 0.3) is 0 Å². The van der Waals surface area contributed by atoms with Gasteiger partial charge in [0.05, 0.1) is 44.5 Å². The van der Waals surface area contributed by atoms with E-state index in [1.807, 2.05) is 24.3 Å². The van der Waals surface area contributed by atoms with Crippen molar-refractivity contribution >= 4 is 87.2 Å². The summed E-state index contributed by atoms with van der Waals surface area (Å²) in [4.78, 5) is 0. The highest BCUT2D eigenvalue weighted by Crippen LogP contribution is 2.57. The number of halogens is 2. The zero-order valence-corrected chi connectivity index (χ0v) is 47.3. The summed E-state index contributed by atoms with van der Waals surface area (Å²) >= 11 is 0. The highest BCUT2D eigenvalue weighted by atomic mass is 19.1. The normalized spacial score (nSPS) is 12.5. The van der Waals surface area contributed by atoms with Crippen LogP contribution >= 0.6 is 0 Å². The van der Waals surface area contributed by atoms with Crippen LogP contribution in [0.15, 0.2) is 218 Å². The number of fused-ring (bicyclic) bond motifs is 12. The molecule has 4 heterocycles. The summed E-state index contributed by atoms with van der Waals surface area (Å²) in [5.74, 6) is -0.766. The highest BCUT2D eigenvalue weighted by molar-refractivity contribution is 6.15. The standard InChI is InChI=1S/C76H60F2N4/c1-45-33-37-61-55(41-45)56-42-46(2)34-38-62(56)79(61)73-69(53-25-9-15-27-59(53)77)71(75(5,6)81-65-29-17-11-21-49(65)50-22-12-18-30-66(50)81)70(54-26-10-16-28-60(54)78)74(80-63-39-35-47(3)43-57(63)58-44-48(4)36-40-64(58)80)72(73)76(7,8)82-67-31-19-13-23-51(67)52-24-14-20-32-68(52)82/h9-44H,1-8H3. The lowest BCUT2D eigenvalue weighted by atomic mass is 9.74. The van der Waals surface area contributed by atoms with E-state index in [0.29, 0.717) is 22.3 Å². The first-order chi connectivity index (χ1) is 39.7. The predicted octanol–water partition coefficient (Wildman–Crippen LogP) is 20.5. The van der Waals surface area contributed by atoms with Crippen LogP contribution in [0, 0.1) is 39.3 Å². The van der Waals surface area contributed by atoms with Crippen molar-refractivity contribution in [1.29, 1.82) is 0 Å². The van der Waals surface area contributed by atoms with E-state index >= 15 is 8.78 Å². The Morgan fingerprint density at radius 1 is 0.280 bits per heavy atom. The van der Waals surface area contributed by atoms with Gasteiger partial charge < -0.3 is 18.3 Å². The summed E-state index contributed by atoms with van der Waals surface area (Å²) < 4.78 is 46.9. The van der Waals surface area contributed by atoms with Crippen molar-refractivity contribution in [2.45, 2.75) is 66.5 Å². The maximum absolute atomic E-state index is 18.5. The van der Waals surface area contributed by atoms with Gasteiger partial charge in [0, 0.05) is 93.0 Å². The molecule has 0 saturated heterocycles. The monoisotopic (exact) mass is 1070 g/mol. The summed E-state index contributed by atoms with van der Waals surface area (Å²) in [6.45, 7) is 17.8. The molecule has 15 rings (SSSR count). The quantitative estimate of drug-likeness (QED) is 0.145. The molecule has 4 nitrogen and oxygen atoms in total. The Balaban J connectivity index is 1.33. The first kappa shape index (κ1) is 49.5. The van der Waals surface area contributed by atoms with E-state index in [-0.39, 0.29) is 11.6 Å². The topological polar surface area (TPSA) is 19.7 Å². The van der Waals surface area contributed by atoms with Gasteiger partial charge in [-0.2, -0.15) is 0 Å². The Kier molecular flexibility index (Phi) is 10.9. The van der Waals surface area contributed by atoms with Crippen molar-refractivity contribution in [2.24, 2.45) is 0 Å². The molecule has 0 atom stereocenters. The Hall–Kier alpha value is -9.52. The number of rotatable bonds is 8. The van der Waals surface area contributed by atoms with Crippen molar-refractivity contribution < 1.29 is 8.78 Å². The first-order valence-electron chi connectivity index (χ1n) is 28.5. The van der Waals surface area contributed by atoms with E-state index in [1.54, 1.807) is 24.3 Å². The lowest BCUT2D eigenvalue weighted by molar-refractivity contribution is 0.454. The summed E-state index contributed by atoms with van der Waals surface area (Å²) in [7, 11) is 0. The third-order valence-electron chi connectivity index (χ3n) is 17.8. The lowest BCUT2D eigenvalue weighted by Gasteiger charge is -2.42. The Labute approximate surface area is 475 Å². The summed E-state index contributed by atoms with van der Waals surface area (Å²) in [5.41, 5.74) is 15.8. The molecule has 0 spiro atoms. The average molecular weight is 1070 g/mol. The molecule has 4 aromatic heterocycles.